The zero-order valence-electron chi connectivity index (χ0n) is 13.2. The van der Waals surface area contributed by atoms with E-state index in [9.17, 15) is 0 Å². The summed E-state index contributed by atoms with van der Waals surface area (Å²) in [6.45, 7) is 7.46. The Morgan fingerprint density at radius 3 is 2.48 bits per heavy atom. The Morgan fingerprint density at radius 1 is 1.29 bits per heavy atom. The van der Waals surface area contributed by atoms with Crippen molar-refractivity contribution in [1.82, 2.24) is 15.1 Å². The number of hydrogen-bond acceptors (Lipinski definition) is 2. The molecular formula is C17H24BrN3. The van der Waals surface area contributed by atoms with Gasteiger partial charge in [0.15, 0.2) is 0 Å². The minimum absolute atomic E-state index is 0.392. The molecule has 1 heterocycles. The van der Waals surface area contributed by atoms with Crippen molar-refractivity contribution in [1.29, 1.82) is 0 Å². The number of nitrogens with one attached hydrogen (secondary N) is 1. The molecule has 0 spiro atoms. The summed E-state index contributed by atoms with van der Waals surface area (Å²) in [6, 6.07) is 11.1. The fourth-order valence-corrected chi connectivity index (χ4v) is 3.28. The molecule has 3 nitrogen and oxygen atoms in total. The van der Waals surface area contributed by atoms with Gasteiger partial charge in [-0.05, 0) is 40.9 Å². The molecule has 0 aliphatic carbocycles. The Morgan fingerprint density at radius 2 is 1.95 bits per heavy atom. The van der Waals surface area contributed by atoms with Gasteiger partial charge in [-0.15, -0.1) is 0 Å². The van der Waals surface area contributed by atoms with E-state index in [1.54, 1.807) is 0 Å². The summed E-state index contributed by atoms with van der Waals surface area (Å²) in [6.07, 6.45) is 0.960. The van der Waals surface area contributed by atoms with Crippen LogP contribution in [0.3, 0.4) is 0 Å². The molecule has 21 heavy (non-hydrogen) atoms. The molecular weight excluding hydrogens is 326 g/mol. The fraction of sp³-hybridized carbons (Fsp3) is 0.471. The Kier molecular flexibility index (Phi) is 5.59. The molecule has 0 radical (unpaired) electrons. The lowest BCUT2D eigenvalue weighted by Gasteiger charge is -2.25. The zero-order valence-corrected chi connectivity index (χ0v) is 14.8. The third-order valence-electron chi connectivity index (χ3n) is 4.07. The van der Waals surface area contributed by atoms with E-state index in [-0.39, 0.29) is 0 Å². The molecule has 2 rings (SSSR count). The van der Waals surface area contributed by atoms with E-state index >= 15 is 0 Å². The number of aryl methyl sites for hydroxylation is 2. The van der Waals surface area contributed by atoms with Gasteiger partial charge in [-0.25, -0.2) is 0 Å². The highest BCUT2D eigenvalue weighted by molar-refractivity contribution is 9.10. The molecule has 2 atom stereocenters. The van der Waals surface area contributed by atoms with Crippen LogP contribution in [0.2, 0.25) is 0 Å². The second-order valence-corrected chi connectivity index (χ2v) is 6.33. The van der Waals surface area contributed by atoms with Crippen molar-refractivity contribution >= 4 is 15.9 Å². The van der Waals surface area contributed by atoms with Crippen molar-refractivity contribution in [2.24, 2.45) is 7.05 Å². The second-order valence-electron chi connectivity index (χ2n) is 5.54. The van der Waals surface area contributed by atoms with Gasteiger partial charge in [0.25, 0.3) is 0 Å². The van der Waals surface area contributed by atoms with Crippen LogP contribution in [0.5, 0.6) is 0 Å². The van der Waals surface area contributed by atoms with Crippen LogP contribution in [0, 0.1) is 6.92 Å². The van der Waals surface area contributed by atoms with Crippen LogP contribution in [0.15, 0.2) is 34.8 Å². The van der Waals surface area contributed by atoms with E-state index in [1.165, 1.54) is 11.3 Å². The van der Waals surface area contributed by atoms with Crippen LogP contribution in [-0.4, -0.2) is 22.4 Å². The molecule has 0 saturated carbocycles. The van der Waals surface area contributed by atoms with Gasteiger partial charge >= 0.3 is 0 Å². The lowest BCUT2D eigenvalue weighted by Crippen LogP contribution is -2.36. The molecule has 0 bridgehead atoms. The van der Waals surface area contributed by atoms with Crippen LogP contribution >= 0.6 is 15.9 Å². The summed E-state index contributed by atoms with van der Waals surface area (Å²) in [5.74, 6) is 0.452. The van der Waals surface area contributed by atoms with Crippen LogP contribution in [-0.2, 0) is 13.5 Å². The van der Waals surface area contributed by atoms with Gasteiger partial charge in [-0.1, -0.05) is 44.2 Å². The molecule has 0 fully saturated rings. The summed E-state index contributed by atoms with van der Waals surface area (Å²) in [5.41, 5.74) is 3.68. The van der Waals surface area contributed by atoms with E-state index in [4.69, 9.17) is 0 Å². The van der Waals surface area contributed by atoms with Crippen LogP contribution < -0.4 is 5.32 Å². The molecule has 2 aromatic rings. The zero-order chi connectivity index (χ0) is 15.4. The first-order chi connectivity index (χ1) is 10.0. The van der Waals surface area contributed by atoms with Crippen molar-refractivity contribution in [3.8, 4) is 0 Å². The van der Waals surface area contributed by atoms with Crippen LogP contribution in [0.4, 0.5) is 0 Å². The summed E-state index contributed by atoms with van der Waals surface area (Å²) in [4.78, 5) is 0. The quantitative estimate of drug-likeness (QED) is 0.859. The molecule has 1 aromatic carbocycles. The van der Waals surface area contributed by atoms with Crippen molar-refractivity contribution < 1.29 is 0 Å². The molecule has 0 aliphatic rings. The predicted octanol–water partition coefficient (Wildman–Crippen LogP) is 3.82. The summed E-state index contributed by atoms with van der Waals surface area (Å²) in [5, 5.41) is 8.13. The SMILES string of the molecule is CCNC(Cc1c(Br)c(C)nn1C)C(C)c1ccccc1. The number of nitrogens with zero attached hydrogens (tertiary/aromatic N) is 2. The number of halogens is 1. The highest BCUT2D eigenvalue weighted by Crippen LogP contribution is 2.26. The summed E-state index contributed by atoms with van der Waals surface area (Å²) < 4.78 is 3.12. The highest BCUT2D eigenvalue weighted by Gasteiger charge is 2.22. The Labute approximate surface area is 135 Å². The monoisotopic (exact) mass is 349 g/mol. The van der Waals surface area contributed by atoms with Crippen molar-refractivity contribution in [2.45, 2.75) is 39.2 Å². The average molecular weight is 350 g/mol. The van der Waals surface area contributed by atoms with Crippen molar-refractivity contribution in [2.75, 3.05) is 6.54 Å². The molecule has 1 aromatic heterocycles. The number of rotatable bonds is 6. The molecule has 0 amide bonds. The lowest BCUT2D eigenvalue weighted by atomic mass is 9.90. The van der Waals surface area contributed by atoms with Gasteiger partial charge in [0.1, 0.15) is 0 Å². The van der Waals surface area contributed by atoms with Gasteiger partial charge in [0.2, 0.25) is 0 Å². The highest BCUT2D eigenvalue weighted by atomic mass is 79.9. The Hall–Kier alpha value is -1.13. The van der Waals surface area contributed by atoms with Crippen molar-refractivity contribution in [3.05, 3.63) is 51.8 Å². The molecule has 0 aliphatic heterocycles. The number of hydrogen-bond donors (Lipinski definition) is 1. The van der Waals surface area contributed by atoms with Gasteiger partial charge < -0.3 is 5.32 Å². The third kappa shape index (κ3) is 3.74. The Balaban J connectivity index is 2.23. The smallest absolute Gasteiger partial charge is 0.0738 e. The van der Waals surface area contributed by atoms with Crippen molar-refractivity contribution in [3.63, 3.8) is 0 Å². The predicted molar refractivity (Wildman–Crippen MR) is 91.7 cm³/mol. The molecule has 4 heteroatoms. The number of aromatic nitrogens is 2. The van der Waals surface area contributed by atoms with E-state index in [0.717, 1.165) is 23.1 Å². The largest absolute Gasteiger partial charge is 0.313 e. The van der Waals surface area contributed by atoms with Crippen LogP contribution in [0.25, 0.3) is 0 Å². The maximum Gasteiger partial charge on any atom is 0.0738 e. The van der Waals surface area contributed by atoms with Gasteiger partial charge in [0.05, 0.1) is 15.9 Å². The lowest BCUT2D eigenvalue weighted by molar-refractivity contribution is 0.446. The van der Waals surface area contributed by atoms with Gasteiger partial charge in [-0.2, -0.15) is 5.10 Å². The summed E-state index contributed by atoms with van der Waals surface area (Å²) >= 11 is 3.67. The maximum absolute atomic E-state index is 4.50. The van der Waals surface area contributed by atoms with Gasteiger partial charge in [0, 0.05) is 19.5 Å². The van der Waals surface area contributed by atoms with E-state index in [1.807, 2.05) is 18.7 Å². The standard InChI is InChI=1S/C17H24BrN3/c1-5-19-15(12(2)14-9-7-6-8-10-14)11-16-17(18)13(3)20-21(16)4/h6-10,12,15,19H,5,11H2,1-4H3. The van der Waals surface area contributed by atoms with E-state index in [2.05, 4.69) is 70.5 Å². The number of benzene rings is 1. The van der Waals surface area contributed by atoms with E-state index in [0.29, 0.717) is 12.0 Å². The molecule has 114 valence electrons. The minimum atomic E-state index is 0.392. The van der Waals surface area contributed by atoms with E-state index < -0.39 is 0 Å². The second kappa shape index (κ2) is 7.23. The van der Waals surface area contributed by atoms with Gasteiger partial charge in [-0.3, -0.25) is 4.68 Å². The first-order valence-corrected chi connectivity index (χ1v) is 8.30. The third-order valence-corrected chi connectivity index (χ3v) is 5.10. The molecule has 2 unspecified atom stereocenters. The molecule has 0 saturated heterocycles. The Bertz CT molecular complexity index is 577. The maximum atomic E-state index is 4.50. The van der Waals surface area contributed by atoms with Crippen LogP contribution in [0.1, 0.15) is 36.7 Å². The topological polar surface area (TPSA) is 29.9 Å². The first-order valence-electron chi connectivity index (χ1n) is 7.50. The normalized spacial score (nSPS) is 14.1. The summed E-state index contributed by atoms with van der Waals surface area (Å²) in [7, 11) is 2.02. The molecule has 1 N–H and O–H groups in total. The first kappa shape index (κ1) is 16.2. The minimum Gasteiger partial charge on any atom is -0.313 e. The fourth-order valence-electron chi connectivity index (χ4n) is 2.79. The average Bonchev–Trinajstić information content (AvgIpc) is 2.73. The number of likely N-dealkylation sites (N-methyl/N-ethyl adjacent to an activating group) is 1.